The number of para-hydroxylation sites is 2. The van der Waals surface area contributed by atoms with Crippen molar-refractivity contribution in [2.45, 2.75) is 25.8 Å². The van der Waals surface area contributed by atoms with Crippen molar-refractivity contribution in [3.63, 3.8) is 0 Å². The van der Waals surface area contributed by atoms with Gasteiger partial charge in [-0.05, 0) is 43.3 Å². The van der Waals surface area contributed by atoms with E-state index in [0.29, 0.717) is 26.1 Å². The second-order valence-corrected chi connectivity index (χ2v) is 6.58. The molecule has 3 aromatic rings. The molecule has 136 valence electrons. The lowest BCUT2D eigenvalue weighted by molar-refractivity contribution is -0.117. The summed E-state index contributed by atoms with van der Waals surface area (Å²) in [4.78, 5) is 19.3. The molecule has 1 aliphatic heterocycles. The van der Waals surface area contributed by atoms with Gasteiger partial charge in [-0.1, -0.05) is 18.1 Å². The third kappa shape index (κ3) is 3.15. The minimum Gasteiger partial charge on any atom is -0.494 e. The fraction of sp³-hybridized carbons (Fsp3) is 0.273. The molecule has 1 aliphatic rings. The quantitative estimate of drug-likeness (QED) is 0.654. The molecule has 1 saturated heterocycles. The van der Waals surface area contributed by atoms with Crippen LogP contribution in [0.25, 0.3) is 11.0 Å². The Morgan fingerprint density at radius 3 is 2.74 bits per heavy atom. The number of imidazole rings is 1. The summed E-state index contributed by atoms with van der Waals surface area (Å²) >= 11 is 0. The van der Waals surface area contributed by atoms with Crippen LogP contribution >= 0.6 is 0 Å². The third-order valence-corrected chi connectivity index (χ3v) is 4.88. The maximum Gasteiger partial charge on any atom is 0.227 e. The summed E-state index contributed by atoms with van der Waals surface area (Å²) in [5.41, 5.74) is 2.80. The van der Waals surface area contributed by atoms with Gasteiger partial charge in [0.15, 0.2) is 0 Å². The molecule has 0 N–H and O–H groups in total. The van der Waals surface area contributed by atoms with Crippen LogP contribution < -0.4 is 9.64 Å². The van der Waals surface area contributed by atoms with E-state index in [1.54, 1.807) is 0 Å². The second-order valence-electron chi connectivity index (χ2n) is 6.58. The van der Waals surface area contributed by atoms with Gasteiger partial charge in [0.25, 0.3) is 0 Å². The van der Waals surface area contributed by atoms with Crippen LogP contribution in [0, 0.1) is 12.3 Å². The third-order valence-electron chi connectivity index (χ3n) is 4.88. The molecule has 0 spiro atoms. The molecule has 0 radical (unpaired) electrons. The average molecular weight is 359 g/mol. The SMILES string of the molecule is C#CCn1c([C@H]2CC(=O)N(c3ccc(OCC)cc3)C2)nc2ccccc21. The Hall–Kier alpha value is -3.26. The van der Waals surface area contributed by atoms with Crippen molar-refractivity contribution < 1.29 is 9.53 Å². The molecule has 5 heteroatoms. The number of aromatic nitrogens is 2. The summed E-state index contributed by atoms with van der Waals surface area (Å²) in [5.74, 6) is 4.52. The van der Waals surface area contributed by atoms with E-state index in [4.69, 9.17) is 16.1 Å². The molecule has 5 nitrogen and oxygen atoms in total. The van der Waals surface area contributed by atoms with Crippen LogP contribution in [0.15, 0.2) is 48.5 Å². The highest BCUT2D eigenvalue weighted by Gasteiger charge is 2.34. The molecule has 0 bridgehead atoms. The lowest BCUT2D eigenvalue weighted by Crippen LogP contribution is -2.24. The van der Waals surface area contributed by atoms with Gasteiger partial charge in [-0.15, -0.1) is 6.42 Å². The lowest BCUT2D eigenvalue weighted by atomic mass is 10.1. The summed E-state index contributed by atoms with van der Waals surface area (Å²) in [7, 11) is 0. The molecule has 2 heterocycles. The normalized spacial score (nSPS) is 16.7. The van der Waals surface area contributed by atoms with E-state index in [-0.39, 0.29) is 11.8 Å². The van der Waals surface area contributed by atoms with E-state index in [0.717, 1.165) is 28.3 Å². The number of carbonyl (C=O) groups excluding carboxylic acids is 1. The van der Waals surface area contributed by atoms with Crippen molar-refractivity contribution >= 4 is 22.6 Å². The largest absolute Gasteiger partial charge is 0.494 e. The Morgan fingerprint density at radius 2 is 2.00 bits per heavy atom. The smallest absolute Gasteiger partial charge is 0.227 e. The monoisotopic (exact) mass is 359 g/mol. The molecule has 27 heavy (non-hydrogen) atoms. The Morgan fingerprint density at radius 1 is 1.22 bits per heavy atom. The van der Waals surface area contributed by atoms with Crippen molar-refractivity contribution in [2.24, 2.45) is 0 Å². The van der Waals surface area contributed by atoms with Crippen LogP contribution in [-0.2, 0) is 11.3 Å². The van der Waals surface area contributed by atoms with Crippen LogP contribution in [0.5, 0.6) is 5.75 Å². The maximum absolute atomic E-state index is 12.7. The first-order valence-electron chi connectivity index (χ1n) is 9.13. The number of carbonyl (C=O) groups is 1. The summed E-state index contributed by atoms with van der Waals surface area (Å²) in [6, 6.07) is 15.6. The van der Waals surface area contributed by atoms with Gasteiger partial charge in [0.2, 0.25) is 5.91 Å². The number of benzene rings is 2. The number of anilines is 1. The molecule has 0 saturated carbocycles. The van der Waals surface area contributed by atoms with E-state index < -0.39 is 0 Å². The van der Waals surface area contributed by atoms with Crippen molar-refractivity contribution in [2.75, 3.05) is 18.1 Å². The van der Waals surface area contributed by atoms with Gasteiger partial charge in [-0.25, -0.2) is 4.98 Å². The van der Waals surface area contributed by atoms with Gasteiger partial charge in [0.05, 0.1) is 24.2 Å². The van der Waals surface area contributed by atoms with Crippen molar-refractivity contribution in [3.8, 4) is 18.1 Å². The fourth-order valence-electron chi connectivity index (χ4n) is 3.68. The zero-order valence-electron chi connectivity index (χ0n) is 15.3. The van der Waals surface area contributed by atoms with Crippen LogP contribution in [0.4, 0.5) is 5.69 Å². The minimum absolute atomic E-state index is 0.0184. The minimum atomic E-state index is 0.0184. The van der Waals surface area contributed by atoms with Crippen LogP contribution in [-0.4, -0.2) is 28.6 Å². The van der Waals surface area contributed by atoms with Gasteiger partial charge >= 0.3 is 0 Å². The highest BCUT2D eigenvalue weighted by Crippen LogP contribution is 2.33. The zero-order valence-corrected chi connectivity index (χ0v) is 15.3. The Bertz CT molecular complexity index is 1010. The standard InChI is InChI=1S/C22H21N3O2/c1-3-13-24-20-8-6-5-7-19(20)23-22(24)16-14-21(26)25(15-16)17-9-11-18(12-10-17)27-4-2/h1,5-12,16H,4,13-15H2,2H3/t16-/m0/s1. The van der Waals surface area contributed by atoms with E-state index >= 15 is 0 Å². The summed E-state index contributed by atoms with van der Waals surface area (Å²) in [6.07, 6.45) is 6.01. The number of hydrogen-bond acceptors (Lipinski definition) is 3. The molecule has 1 atom stereocenters. The topological polar surface area (TPSA) is 47.4 Å². The van der Waals surface area contributed by atoms with E-state index in [1.165, 1.54) is 0 Å². The predicted molar refractivity (Wildman–Crippen MR) is 106 cm³/mol. The molecule has 2 aromatic carbocycles. The Balaban J connectivity index is 1.63. The first kappa shape index (κ1) is 17.2. The molecule has 4 rings (SSSR count). The van der Waals surface area contributed by atoms with Gasteiger partial charge in [-0.2, -0.15) is 0 Å². The fourth-order valence-corrected chi connectivity index (χ4v) is 3.68. The van der Waals surface area contributed by atoms with E-state index in [1.807, 2.05) is 60.4 Å². The van der Waals surface area contributed by atoms with Crippen LogP contribution in [0.1, 0.15) is 25.1 Å². The Kier molecular flexibility index (Phi) is 4.55. The first-order chi connectivity index (χ1) is 13.2. The Labute approximate surface area is 158 Å². The molecular formula is C22H21N3O2. The van der Waals surface area contributed by atoms with Crippen molar-refractivity contribution in [1.82, 2.24) is 9.55 Å². The predicted octanol–water partition coefficient (Wildman–Crippen LogP) is 3.59. The van der Waals surface area contributed by atoms with Crippen LogP contribution in [0.3, 0.4) is 0 Å². The number of fused-ring (bicyclic) bond motifs is 1. The number of hydrogen-bond donors (Lipinski definition) is 0. The maximum atomic E-state index is 12.7. The molecular weight excluding hydrogens is 338 g/mol. The second kappa shape index (κ2) is 7.16. The molecule has 0 unspecified atom stereocenters. The molecule has 0 aliphatic carbocycles. The van der Waals surface area contributed by atoms with Crippen molar-refractivity contribution in [1.29, 1.82) is 0 Å². The van der Waals surface area contributed by atoms with Gasteiger partial charge < -0.3 is 14.2 Å². The number of terminal acetylenes is 1. The van der Waals surface area contributed by atoms with E-state index in [2.05, 4.69) is 10.5 Å². The van der Waals surface area contributed by atoms with Gasteiger partial charge in [0, 0.05) is 24.6 Å². The van der Waals surface area contributed by atoms with Gasteiger partial charge in [-0.3, -0.25) is 4.79 Å². The highest BCUT2D eigenvalue weighted by molar-refractivity contribution is 5.96. The van der Waals surface area contributed by atoms with Crippen molar-refractivity contribution in [3.05, 3.63) is 54.4 Å². The number of amides is 1. The van der Waals surface area contributed by atoms with E-state index in [9.17, 15) is 4.79 Å². The summed E-state index contributed by atoms with van der Waals surface area (Å²) in [5, 5.41) is 0. The summed E-state index contributed by atoms with van der Waals surface area (Å²) in [6.45, 7) is 3.62. The summed E-state index contributed by atoms with van der Waals surface area (Å²) < 4.78 is 7.53. The molecule has 1 fully saturated rings. The average Bonchev–Trinajstić information content (AvgIpc) is 3.24. The molecule has 1 aromatic heterocycles. The first-order valence-corrected chi connectivity index (χ1v) is 9.13. The number of ether oxygens (including phenoxy) is 1. The number of rotatable bonds is 5. The molecule has 1 amide bonds. The zero-order chi connectivity index (χ0) is 18.8. The number of nitrogens with zero attached hydrogens (tertiary/aromatic N) is 3. The lowest BCUT2D eigenvalue weighted by Gasteiger charge is -2.17. The van der Waals surface area contributed by atoms with Crippen LogP contribution in [0.2, 0.25) is 0 Å². The highest BCUT2D eigenvalue weighted by atomic mass is 16.5. The van der Waals surface area contributed by atoms with Gasteiger partial charge in [0.1, 0.15) is 11.6 Å².